The molecule has 0 saturated carbocycles. The van der Waals surface area contributed by atoms with E-state index in [0.29, 0.717) is 11.4 Å². The largest absolute Gasteiger partial charge is 0.324 e. The number of fused-ring (bicyclic) bond motifs is 1. The van der Waals surface area contributed by atoms with Gasteiger partial charge in [0.15, 0.2) is 0 Å². The number of hydrogen-bond acceptors (Lipinski definition) is 4. The van der Waals surface area contributed by atoms with E-state index in [2.05, 4.69) is 10.0 Å². The molecule has 5 nitrogen and oxygen atoms in total. The van der Waals surface area contributed by atoms with Gasteiger partial charge in [0, 0.05) is 10.6 Å². The molecule has 0 radical (unpaired) electrons. The Bertz CT molecular complexity index is 877. The molecule has 1 unspecified atom stereocenters. The summed E-state index contributed by atoms with van der Waals surface area (Å²) in [6, 6.07) is 12.0. The molecule has 24 heavy (non-hydrogen) atoms. The average Bonchev–Trinajstić information content (AvgIpc) is 2.56. The molecule has 3 rings (SSSR count). The Labute approximate surface area is 145 Å². The van der Waals surface area contributed by atoms with Crippen molar-refractivity contribution in [3.63, 3.8) is 0 Å². The summed E-state index contributed by atoms with van der Waals surface area (Å²) in [5.74, 6) is -0.0720. The zero-order chi connectivity index (χ0) is 17.3. The molecule has 1 atom stereocenters. The summed E-state index contributed by atoms with van der Waals surface area (Å²) in [4.78, 5) is 12.6. The average molecular weight is 362 g/mol. The summed E-state index contributed by atoms with van der Waals surface area (Å²) in [6.07, 6.45) is 0.902. The van der Waals surface area contributed by atoms with Crippen molar-refractivity contribution in [3.8, 4) is 0 Å². The molecule has 1 amide bonds. The highest BCUT2D eigenvalue weighted by atomic mass is 32.2. The van der Waals surface area contributed by atoms with Gasteiger partial charge in [-0.2, -0.15) is 0 Å². The molecule has 1 aliphatic heterocycles. The number of rotatable bonds is 4. The van der Waals surface area contributed by atoms with Crippen molar-refractivity contribution >= 4 is 39.1 Å². The Morgan fingerprint density at radius 1 is 1.17 bits per heavy atom. The maximum absolute atomic E-state index is 12.6. The molecule has 0 aliphatic carbocycles. The second-order valence-electron chi connectivity index (χ2n) is 5.56. The third kappa shape index (κ3) is 3.42. The molecule has 0 bridgehead atoms. The van der Waals surface area contributed by atoms with Crippen molar-refractivity contribution in [3.05, 3.63) is 48.0 Å². The van der Waals surface area contributed by atoms with E-state index in [9.17, 15) is 13.2 Å². The minimum Gasteiger partial charge on any atom is -0.324 e. The lowest BCUT2D eigenvalue weighted by Crippen LogP contribution is -2.26. The molecule has 0 saturated heterocycles. The molecule has 1 heterocycles. The minimum absolute atomic E-state index is 0.0720. The summed E-state index contributed by atoms with van der Waals surface area (Å²) in [5.41, 5.74) is 2.32. The molecule has 2 aromatic rings. The molecule has 0 aromatic heterocycles. The van der Waals surface area contributed by atoms with Gasteiger partial charge in [0.2, 0.25) is 5.91 Å². The van der Waals surface area contributed by atoms with Crippen LogP contribution in [0, 0.1) is 0 Å². The van der Waals surface area contributed by atoms with E-state index in [-0.39, 0.29) is 16.1 Å². The van der Waals surface area contributed by atoms with Crippen molar-refractivity contribution in [2.45, 2.75) is 35.3 Å². The van der Waals surface area contributed by atoms with Gasteiger partial charge >= 0.3 is 0 Å². The number of anilines is 2. The van der Waals surface area contributed by atoms with Crippen molar-refractivity contribution in [2.24, 2.45) is 0 Å². The molecule has 2 aromatic carbocycles. The number of benzene rings is 2. The fraction of sp³-hybridized carbons (Fsp3) is 0.235. The van der Waals surface area contributed by atoms with Crippen LogP contribution in [-0.2, 0) is 21.2 Å². The summed E-state index contributed by atoms with van der Waals surface area (Å²) >= 11 is 1.36. The smallest absolute Gasteiger partial charge is 0.261 e. The Morgan fingerprint density at radius 2 is 1.88 bits per heavy atom. The quantitative estimate of drug-likeness (QED) is 0.873. The molecule has 126 valence electrons. The molecule has 0 spiro atoms. The first-order chi connectivity index (χ1) is 11.4. The van der Waals surface area contributed by atoms with Crippen LogP contribution < -0.4 is 10.0 Å². The van der Waals surface area contributed by atoms with Crippen molar-refractivity contribution in [1.29, 1.82) is 0 Å². The summed E-state index contributed by atoms with van der Waals surface area (Å²) in [5, 5.41) is 2.53. The van der Waals surface area contributed by atoms with Gasteiger partial charge in [0.1, 0.15) is 0 Å². The lowest BCUT2D eigenvalue weighted by Gasteiger charge is -2.22. The third-order valence-electron chi connectivity index (χ3n) is 3.81. The van der Waals surface area contributed by atoms with Crippen molar-refractivity contribution in [1.82, 2.24) is 0 Å². The predicted octanol–water partition coefficient (Wildman–Crippen LogP) is 3.48. The van der Waals surface area contributed by atoms with Gasteiger partial charge < -0.3 is 5.32 Å². The van der Waals surface area contributed by atoms with E-state index in [0.717, 1.165) is 16.9 Å². The van der Waals surface area contributed by atoms with Gasteiger partial charge in [-0.3, -0.25) is 9.52 Å². The normalized spacial score (nSPS) is 17.1. The first-order valence-electron chi connectivity index (χ1n) is 7.62. The summed E-state index contributed by atoms with van der Waals surface area (Å²) in [7, 11) is -3.67. The fourth-order valence-electron chi connectivity index (χ4n) is 2.37. The third-order valence-corrected chi connectivity index (χ3v) is 6.35. The van der Waals surface area contributed by atoms with Crippen LogP contribution in [-0.4, -0.2) is 19.6 Å². The van der Waals surface area contributed by atoms with Crippen LogP contribution in [0.25, 0.3) is 0 Å². The van der Waals surface area contributed by atoms with Crippen LogP contribution in [0.3, 0.4) is 0 Å². The standard InChI is InChI=1S/C17H18N2O3S2/c1-3-12-4-6-13(7-5-12)19-24(21,22)14-8-9-15-16(10-14)23-11(2)17(20)18-15/h4-11,19H,3H2,1-2H3,(H,18,20). The number of aryl methyl sites for hydroxylation is 1. The second kappa shape index (κ2) is 6.49. The SMILES string of the molecule is CCc1ccc(NS(=O)(=O)c2ccc3c(c2)SC(C)C(=O)N3)cc1. The predicted molar refractivity (Wildman–Crippen MR) is 97.0 cm³/mol. The van der Waals surface area contributed by atoms with Gasteiger partial charge in [0.05, 0.1) is 15.8 Å². The van der Waals surface area contributed by atoms with Gasteiger partial charge in [-0.25, -0.2) is 8.42 Å². The summed E-state index contributed by atoms with van der Waals surface area (Å²) in [6.45, 7) is 3.83. The second-order valence-corrected chi connectivity index (χ2v) is 8.63. The number of hydrogen-bond donors (Lipinski definition) is 2. The fourth-order valence-corrected chi connectivity index (χ4v) is 4.52. The Morgan fingerprint density at radius 3 is 2.54 bits per heavy atom. The minimum atomic E-state index is -3.67. The van der Waals surface area contributed by atoms with E-state index in [1.807, 2.05) is 19.1 Å². The van der Waals surface area contributed by atoms with E-state index in [1.165, 1.54) is 17.8 Å². The highest BCUT2D eigenvalue weighted by Crippen LogP contribution is 2.37. The molecule has 1 aliphatic rings. The number of thioether (sulfide) groups is 1. The molecule has 7 heteroatoms. The van der Waals surface area contributed by atoms with E-state index < -0.39 is 10.0 Å². The molecular weight excluding hydrogens is 344 g/mol. The zero-order valence-electron chi connectivity index (χ0n) is 13.4. The Balaban J connectivity index is 1.87. The number of nitrogens with one attached hydrogen (secondary N) is 2. The first kappa shape index (κ1) is 16.9. The molecule has 2 N–H and O–H groups in total. The maximum atomic E-state index is 12.6. The van der Waals surface area contributed by atoms with Crippen LogP contribution in [0.1, 0.15) is 19.4 Å². The lowest BCUT2D eigenvalue weighted by atomic mass is 10.2. The van der Waals surface area contributed by atoms with Crippen LogP contribution in [0.4, 0.5) is 11.4 Å². The number of amides is 1. The lowest BCUT2D eigenvalue weighted by molar-refractivity contribution is -0.115. The highest BCUT2D eigenvalue weighted by molar-refractivity contribution is 8.01. The first-order valence-corrected chi connectivity index (χ1v) is 9.98. The van der Waals surface area contributed by atoms with E-state index in [1.54, 1.807) is 31.2 Å². The van der Waals surface area contributed by atoms with Gasteiger partial charge in [0.25, 0.3) is 10.0 Å². The topological polar surface area (TPSA) is 75.3 Å². The number of sulfonamides is 1. The molecule has 0 fully saturated rings. The number of carbonyl (C=O) groups is 1. The van der Waals surface area contributed by atoms with Crippen LogP contribution in [0.2, 0.25) is 0 Å². The monoisotopic (exact) mass is 362 g/mol. The van der Waals surface area contributed by atoms with E-state index >= 15 is 0 Å². The summed E-state index contributed by atoms with van der Waals surface area (Å²) < 4.78 is 27.7. The van der Waals surface area contributed by atoms with Crippen molar-refractivity contribution in [2.75, 3.05) is 10.0 Å². The zero-order valence-corrected chi connectivity index (χ0v) is 15.0. The van der Waals surface area contributed by atoms with Crippen molar-refractivity contribution < 1.29 is 13.2 Å². The van der Waals surface area contributed by atoms with E-state index in [4.69, 9.17) is 0 Å². The van der Waals surface area contributed by atoms with Crippen LogP contribution in [0.5, 0.6) is 0 Å². The van der Waals surface area contributed by atoms with Gasteiger partial charge in [-0.05, 0) is 49.2 Å². The Hall–Kier alpha value is -1.99. The maximum Gasteiger partial charge on any atom is 0.261 e. The Kier molecular flexibility index (Phi) is 4.56. The van der Waals surface area contributed by atoms with Gasteiger partial charge in [-0.1, -0.05) is 19.1 Å². The number of carbonyl (C=O) groups excluding carboxylic acids is 1. The van der Waals surface area contributed by atoms with Crippen LogP contribution >= 0.6 is 11.8 Å². The highest BCUT2D eigenvalue weighted by Gasteiger charge is 2.25. The van der Waals surface area contributed by atoms with Gasteiger partial charge in [-0.15, -0.1) is 11.8 Å². The molecular formula is C17H18N2O3S2. The van der Waals surface area contributed by atoms with Crippen LogP contribution in [0.15, 0.2) is 52.3 Å².